The van der Waals surface area contributed by atoms with Crippen molar-refractivity contribution in [2.24, 2.45) is 5.73 Å². The molecule has 1 aliphatic heterocycles. The largest absolute Gasteiger partial charge is 0.454 e. The first kappa shape index (κ1) is 10.2. The Morgan fingerprint density at radius 1 is 1.40 bits per heavy atom. The van der Waals surface area contributed by atoms with Crippen LogP contribution in [0.4, 0.5) is 4.39 Å². The lowest BCUT2D eigenvalue weighted by Crippen LogP contribution is -2.13. The minimum Gasteiger partial charge on any atom is -0.454 e. The van der Waals surface area contributed by atoms with E-state index in [0.717, 1.165) is 0 Å². The summed E-state index contributed by atoms with van der Waals surface area (Å²) in [5.74, 6) is 0.465. The van der Waals surface area contributed by atoms with Gasteiger partial charge < -0.3 is 20.3 Å². The number of halogens is 1. The van der Waals surface area contributed by atoms with Gasteiger partial charge in [0.2, 0.25) is 6.79 Å². The molecule has 0 amide bonds. The molecule has 1 aliphatic rings. The first-order valence-corrected chi connectivity index (χ1v) is 4.68. The van der Waals surface area contributed by atoms with Crippen molar-refractivity contribution in [1.82, 2.24) is 0 Å². The first-order chi connectivity index (χ1) is 7.22. The van der Waals surface area contributed by atoms with Gasteiger partial charge in [-0.05, 0) is 12.5 Å². The molecule has 0 spiro atoms. The summed E-state index contributed by atoms with van der Waals surface area (Å²) >= 11 is 0. The topological polar surface area (TPSA) is 64.7 Å². The van der Waals surface area contributed by atoms with Crippen molar-refractivity contribution in [2.75, 3.05) is 13.4 Å². The van der Waals surface area contributed by atoms with Crippen LogP contribution in [-0.2, 0) is 0 Å². The van der Waals surface area contributed by atoms with E-state index in [1.165, 1.54) is 12.1 Å². The number of hydrogen-bond acceptors (Lipinski definition) is 4. The zero-order valence-electron chi connectivity index (χ0n) is 8.07. The smallest absolute Gasteiger partial charge is 0.231 e. The number of rotatable bonds is 3. The quantitative estimate of drug-likeness (QED) is 0.784. The standard InChI is InChI=1S/C10H12FNO3/c11-7-4-10-9(14-5-15-10)3-6(7)8(12)1-2-13/h3-4,8,13H,1-2,5,12H2. The van der Waals surface area contributed by atoms with Gasteiger partial charge in [-0.25, -0.2) is 4.39 Å². The second kappa shape index (κ2) is 4.04. The molecule has 15 heavy (non-hydrogen) atoms. The Bertz CT molecular complexity index is 370. The van der Waals surface area contributed by atoms with Gasteiger partial charge in [-0.2, -0.15) is 0 Å². The fourth-order valence-electron chi connectivity index (χ4n) is 1.51. The maximum atomic E-state index is 13.5. The summed E-state index contributed by atoms with van der Waals surface area (Å²) in [4.78, 5) is 0. The average Bonchev–Trinajstić information content (AvgIpc) is 2.63. The van der Waals surface area contributed by atoms with Gasteiger partial charge in [0, 0.05) is 24.3 Å². The molecule has 2 rings (SSSR count). The van der Waals surface area contributed by atoms with Crippen LogP contribution in [0.1, 0.15) is 18.0 Å². The van der Waals surface area contributed by atoms with E-state index in [0.29, 0.717) is 23.5 Å². The van der Waals surface area contributed by atoms with E-state index in [2.05, 4.69) is 0 Å². The second-order valence-electron chi connectivity index (χ2n) is 3.35. The zero-order valence-corrected chi connectivity index (χ0v) is 8.07. The van der Waals surface area contributed by atoms with Crippen LogP contribution in [0.2, 0.25) is 0 Å². The molecule has 0 bridgehead atoms. The molecule has 0 fully saturated rings. The van der Waals surface area contributed by atoms with E-state index in [4.69, 9.17) is 20.3 Å². The predicted molar refractivity (Wildman–Crippen MR) is 51.2 cm³/mol. The van der Waals surface area contributed by atoms with Gasteiger partial charge >= 0.3 is 0 Å². The SMILES string of the molecule is NC(CCO)c1cc2c(cc1F)OCO2. The van der Waals surface area contributed by atoms with Gasteiger partial charge in [0.05, 0.1) is 0 Å². The van der Waals surface area contributed by atoms with Gasteiger partial charge in [0.25, 0.3) is 0 Å². The summed E-state index contributed by atoms with van der Waals surface area (Å²) in [6.45, 7) is 0.0303. The lowest BCUT2D eigenvalue weighted by atomic mass is 10.0. The van der Waals surface area contributed by atoms with E-state index in [9.17, 15) is 4.39 Å². The molecule has 82 valence electrons. The van der Waals surface area contributed by atoms with Gasteiger partial charge in [0.15, 0.2) is 11.5 Å². The summed E-state index contributed by atoms with van der Waals surface area (Å²) in [7, 11) is 0. The van der Waals surface area contributed by atoms with Crippen molar-refractivity contribution in [3.8, 4) is 11.5 Å². The molecule has 0 aromatic heterocycles. The molecule has 1 heterocycles. The highest BCUT2D eigenvalue weighted by molar-refractivity contribution is 5.46. The molecular weight excluding hydrogens is 201 g/mol. The van der Waals surface area contributed by atoms with E-state index in [1.54, 1.807) is 0 Å². The fraction of sp³-hybridized carbons (Fsp3) is 0.400. The Labute approximate surface area is 86.4 Å². The Hall–Kier alpha value is -1.33. The Morgan fingerprint density at radius 3 is 2.73 bits per heavy atom. The van der Waals surface area contributed by atoms with E-state index in [1.807, 2.05) is 0 Å². The third kappa shape index (κ3) is 1.88. The number of ether oxygens (including phenoxy) is 2. The molecule has 5 heteroatoms. The Balaban J connectivity index is 2.31. The predicted octanol–water partition coefficient (Wildman–Crippen LogP) is 0.937. The monoisotopic (exact) mass is 213 g/mol. The van der Waals surface area contributed by atoms with E-state index < -0.39 is 11.9 Å². The van der Waals surface area contributed by atoms with Crippen molar-refractivity contribution < 1.29 is 19.0 Å². The van der Waals surface area contributed by atoms with E-state index >= 15 is 0 Å². The first-order valence-electron chi connectivity index (χ1n) is 4.68. The van der Waals surface area contributed by atoms with Gasteiger partial charge in [-0.15, -0.1) is 0 Å². The molecule has 3 N–H and O–H groups in total. The highest BCUT2D eigenvalue weighted by Crippen LogP contribution is 2.36. The van der Waals surface area contributed by atoms with Gasteiger partial charge in [0.1, 0.15) is 5.82 Å². The van der Waals surface area contributed by atoms with E-state index in [-0.39, 0.29) is 13.4 Å². The highest BCUT2D eigenvalue weighted by atomic mass is 19.1. The zero-order chi connectivity index (χ0) is 10.8. The van der Waals surface area contributed by atoms with Gasteiger partial charge in [-0.1, -0.05) is 0 Å². The summed E-state index contributed by atoms with van der Waals surface area (Å²) in [5.41, 5.74) is 6.05. The molecular formula is C10H12FNO3. The van der Waals surface area contributed by atoms with Crippen molar-refractivity contribution >= 4 is 0 Å². The summed E-state index contributed by atoms with van der Waals surface area (Å²) < 4.78 is 23.7. The van der Waals surface area contributed by atoms with Crippen LogP contribution in [0.15, 0.2) is 12.1 Å². The Morgan fingerprint density at radius 2 is 2.07 bits per heavy atom. The fourth-order valence-corrected chi connectivity index (χ4v) is 1.51. The highest BCUT2D eigenvalue weighted by Gasteiger charge is 2.20. The van der Waals surface area contributed by atoms with Crippen LogP contribution in [0.25, 0.3) is 0 Å². The number of aliphatic hydroxyl groups excluding tert-OH is 1. The minimum absolute atomic E-state index is 0.0744. The normalized spacial score (nSPS) is 15.4. The molecule has 0 saturated heterocycles. The average molecular weight is 213 g/mol. The van der Waals surface area contributed by atoms with Crippen LogP contribution < -0.4 is 15.2 Å². The summed E-state index contributed by atoms with van der Waals surface area (Å²) in [5, 5.41) is 8.72. The molecule has 1 atom stereocenters. The number of hydrogen-bond donors (Lipinski definition) is 2. The number of benzene rings is 1. The van der Waals surface area contributed by atoms with Crippen LogP contribution >= 0.6 is 0 Å². The molecule has 0 saturated carbocycles. The van der Waals surface area contributed by atoms with Crippen molar-refractivity contribution in [1.29, 1.82) is 0 Å². The molecule has 0 radical (unpaired) electrons. The molecule has 0 aliphatic carbocycles. The van der Waals surface area contributed by atoms with Crippen molar-refractivity contribution in [3.05, 3.63) is 23.5 Å². The minimum atomic E-state index is -0.524. The molecule has 1 unspecified atom stereocenters. The van der Waals surface area contributed by atoms with Crippen LogP contribution in [-0.4, -0.2) is 18.5 Å². The maximum Gasteiger partial charge on any atom is 0.231 e. The van der Waals surface area contributed by atoms with Crippen LogP contribution in [0.3, 0.4) is 0 Å². The van der Waals surface area contributed by atoms with Crippen LogP contribution in [0, 0.1) is 5.82 Å². The lowest BCUT2D eigenvalue weighted by molar-refractivity contribution is 0.173. The molecule has 1 aromatic rings. The van der Waals surface area contributed by atoms with Crippen LogP contribution in [0.5, 0.6) is 11.5 Å². The maximum absolute atomic E-state index is 13.5. The van der Waals surface area contributed by atoms with Crippen molar-refractivity contribution in [2.45, 2.75) is 12.5 Å². The number of fused-ring (bicyclic) bond motifs is 1. The number of nitrogens with two attached hydrogens (primary N) is 1. The third-order valence-corrected chi connectivity index (χ3v) is 2.33. The van der Waals surface area contributed by atoms with Gasteiger partial charge in [-0.3, -0.25) is 0 Å². The molecule has 4 nitrogen and oxygen atoms in total. The lowest BCUT2D eigenvalue weighted by Gasteiger charge is -2.11. The second-order valence-corrected chi connectivity index (χ2v) is 3.35. The van der Waals surface area contributed by atoms with Crippen molar-refractivity contribution in [3.63, 3.8) is 0 Å². The Kier molecular flexibility index (Phi) is 2.75. The summed E-state index contributed by atoms with van der Waals surface area (Å²) in [6.07, 6.45) is 0.316. The number of aliphatic hydroxyl groups is 1. The third-order valence-electron chi connectivity index (χ3n) is 2.33. The molecule has 1 aromatic carbocycles. The summed E-state index contributed by atoms with van der Waals surface area (Å²) in [6, 6.07) is 2.26.